The molecule has 1 aliphatic rings. The summed E-state index contributed by atoms with van der Waals surface area (Å²) >= 11 is 0. The molecule has 0 spiro atoms. The third kappa shape index (κ3) is 1.96. The van der Waals surface area contributed by atoms with Gasteiger partial charge in [0.15, 0.2) is 0 Å². The van der Waals surface area contributed by atoms with Gasteiger partial charge in [-0.25, -0.2) is 4.79 Å². The van der Waals surface area contributed by atoms with E-state index in [2.05, 4.69) is 28.2 Å². The number of benzene rings is 1. The average Bonchev–Trinajstić information content (AvgIpc) is 2.26. The molecule has 0 amide bonds. The van der Waals surface area contributed by atoms with Crippen molar-refractivity contribution in [2.24, 2.45) is 0 Å². The first-order chi connectivity index (χ1) is 8.74. The molecule has 1 aliphatic carbocycles. The minimum Gasteiger partial charge on any atom is -0.310 e. The minimum atomic E-state index is -0.270. The maximum absolute atomic E-state index is 11.5. The van der Waals surface area contributed by atoms with E-state index in [0.717, 1.165) is 17.0 Å². The first-order valence-corrected chi connectivity index (χ1v) is 6.41. The van der Waals surface area contributed by atoms with Gasteiger partial charge >= 0.3 is 5.69 Å². The highest BCUT2D eigenvalue weighted by atomic mass is 16.1. The van der Waals surface area contributed by atoms with Crippen molar-refractivity contribution in [1.29, 1.82) is 0 Å². The Hall–Kier alpha value is -1.90. The molecule has 1 heterocycles. The molecule has 1 N–H and O–H groups in total. The van der Waals surface area contributed by atoms with Crippen molar-refractivity contribution in [1.82, 2.24) is 9.97 Å². The molecule has 0 saturated heterocycles. The van der Waals surface area contributed by atoms with Crippen molar-refractivity contribution < 1.29 is 0 Å². The first-order valence-electron chi connectivity index (χ1n) is 6.41. The quantitative estimate of drug-likeness (QED) is 0.877. The van der Waals surface area contributed by atoms with Gasteiger partial charge in [-0.2, -0.15) is 4.98 Å². The minimum absolute atomic E-state index is 0.270. The van der Waals surface area contributed by atoms with E-state index in [1.165, 1.54) is 24.8 Å². The Morgan fingerprint density at radius 1 is 1.28 bits per heavy atom. The highest BCUT2D eigenvalue weighted by Crippen LogP contribution is 2.40. The van der Waals surface area contributed by atoms with Crippen LogP contribution in [0.25, 0.3) is 11.3 Å². The summed E-state index contributed by atoms with van der Waals surface area (Å²) in [5.74, 6) is 0.641. The molecular formula is C15H16N2O. The molecule has 1 fully saturated rings. The summed E-state index contributed by atoms with van der Waals surface area (Å²) in [7, 11) is 0. The van der Waals surface area contributed by atoms with Gasteiger partial charge in [0, 0.05) is 11.3 Å². The Morgan fingerprint density at radius 2 is 2.06 bits per heavy atom. The normalized spacial score (nSPS) is 15.4. The number of hydrogen-bond donors (Lipinski definition) is 1. The Balaban J connectivity index is 2.13. The molecule has 0 radical (unpaired) electrons. The van der Waals surface area contributed by atoms with Gasteiger partial charge in [0.25, 0.3) is 0 Å². The molecule has 1 aromatic heterocycles. The van der Waals surface area contributed by atoms with Gasteiger partial charge in [-0.15, -0.1) is 0 Å². The van der Waals surface area contributed by atoms with Crippen molar-refractivity contribution >= 4 is 0 Å². The maximum Gasteiger partial charge on any atom is 0.345 e. The standard InChI is InChI=1S/C15H16N2O/c1-10-9-14(17-15(18)16-10)13-8-3-2-7-12(13)11-5-4-6-11/h2-3,7-9,11H,4-6H2,1H3,(H,16,17,18). The number of nitrogens with zero attached hydrogens (tertiary/aromatic N) is 1. The summed E-state index contributed by atoms with van der Waals surface area (Å²) in [6.45, 7) is 1.89. The fraction of sp³-hybridized carbons (Fsp3) is 0.333. The number of aromatic nitrogens is 2. The van der Waals surface area contributed by atoms with Crippen LogP contribution in [0.3, 0.4) is 0 Å². The molecule has 0 bridgehead atoms. The topological polar surface area (TPSA) is 45.8 Å². The molecular weight excluding hydrogens is 224 g/mol. The number of H-pyrrole nitrogens is 1. The highest BCUT2D eigenvalue weighted by Gasteiger charge is 2.22. The molecule has 0 atom stereocenters. The summed E-state index contributed by atoms with van der Waals surface area (Å²) in [5, 5.41) is 0. The Labute approximate surface area is 106 Å². The summed E-state index contributed by atoms with van der Waals surface area (Å²) < 4.78 is 0. The van der Waals surface area contributed by atoms with E-state index in [4.69, 9.17) is 0 Å². The molecule has 3 rings (SSSR count). The second-order valence-corrected chi connectivity index (χ2v) is 4.97. The van der Waals surface area contributed by atoms with Crippen LogP contribution in [-0.2, 0) is 0 Å². The number of aryl methyl sites for hydroxylation is 1. The molecule has 0 aliphatic heterocycles. The van der Waals surface area contributed by atoms with Crippen LogP contribution in [0.1, 0.15) is 36.4 Å². The van der Waals surface area contributed by atoms with Crippen LogP contribution in [0.5, 0.6) is 0 Å². The van der Waals surface area contributed by atoms with Crippen molar-refractivity contribution in [3.05, 3.63) is 52.1 Å². The van der Waals surface area contributed by atoms with Crippen molar-refractivity contribution in [3.8, 4) is 11.3 Å². The van der Waals surface area contributed by atoms with E-state index in [0.29, 0.717) is 5.92 Å². The van der Waals surface area contributed by atoms with E-state index in [1.54, 1.807) is 0 Å². The van der Waals surface area contributed by atoms with Gasteiger partial charge in [-0.05, 0) is 37.3 Å². The molecule has 18 heavy (non-hydrogen) atoms. The van der Waals surface area contributed by atoms with Crippen molar-refractivity contribution in [3.63, 3.8) is 0 Å². The third-order valence-electron chi connectivity index (χ3n) is 3.66. The molecule has 1 saturated carbocycles. The Kier molecular flexibility index (Phi) is 2.74. The van der Waals surface area contributed by atoms with Crippen LogP contribution >= 0.6 is 0 Å². The summed E-state index contributed by atoms with van der Waals surface area (Å²) in [5.41, 5.74) is 3.82. The molecule has 0 unspecified atom stereocenters. The van der Waals surface area contributed by atoms with E-state index < -0.39 is 0 Å². The lowest BCUT2D eigenvalue weighted by atomic mass is 9.78. The number of nitrogens with one attached hydrogen (secondary N) is 1. The lowest BCUT2D eigenvalue weighted by Crippen LogP contribution is -2.14. The maximum atomic E-state index is 11.5. The monoisotopic (exact) mass is 240 g/mol. The average molecular weight is 240 g/mol. The van der Waals surface area contributed by atoms with E-state index in [-0.39, 0.29) is 5.69 Å². The summed E-state index contributed by atoms with van der Waals surface area (Å²) in [4.78, 5) is 18.3. The second-order valence-electron chi connectivity index (χ2n) is 4.97. The Bertz CT molecular complexity index is 626. The molecule has 2 aromatic rings. The number of rotatable bonds is 2. The third-order valence-corrected chi connectivity index (χ3v) is 3.66. The van der Waals surface area contributed by atoms with E-state index in [1.807, 2.05) is 19.1 Å². The fourth-order valence-corrected chi connectivity index (χ4v) is 2.52. The van der Waals surface area contributed by atoms with Crippen LogP contribution in [0.4, 0.5) is 0 Å². The van der Waals surface area contributed by atoms with Crippen LogP contribution in [0.15, 0.2) is 35.1 Å². The lowest BCUT2D eigenvalue weighted by molar-refractivity contribution is 0.420. The predicted octanol–water partition coefficient (Wildman–Crippen LogP) is 3.01. The lowest BCUT2D eigenvalue weighted by Gasteiger charge is -2.27. The summed E-state index contributed by atoms with van der Waals surface area (Å²) in [6, 6.07) is 10.2. The van der Waals surface area contributed by atoms with Gasteiger partial charge < -0.3 is 4.98 Å². The zero-order valence-electron chi connectivity index (χ0n) is 10.4. The largest absolute Gasteiger partial charge is 0.345 e. The highest BCUT2D eigenvalue weighted by molar-refractivity contribution is 5.64. The van der Waals surface area contributed by atoms with Crippen molar-refractivity contribution in [2.75, 3.05) is 0 Å². The molecule has 3 nitrogen and oxygen atoms in total. The molecule has 1 aromatic carbocycles. The van der Waals surface area contributed by atoms with Crippen LogP contribution < -0.4 is 5.69 Å². The SMILES string of the molecule is Cc1cc(-c2ccccc2C2CCC2)nc(=O)[nH]1. The van der Waals surface area contributed by atoms with Crippen LogP contribution in [0, 0.1) is 6.92 Å². The zero-order valence-corrected chi connectivity index (χ0v) is 10.4. The predicted molar refractivity (Wildman–Crippen MR) is 71.6 cm³/mol. The van der Waals surface area contributed by atoms with Gasteiger partial charge in [0.05, 0.1) is 5.69 Å². The van der Waals surface area contributed by atoms with Crippen LogP contribution in [-0.4, -0.2) is 9.97 Å². The number of hydrogen-bond acceptors (Lipinski definition) is 2. The van der Waals surface area contributed by atoms with Gasteiger partial charge in [0.1, 0.15) is 0 Å². The smallest absolute Gasteiger partial charge is 0.310 e. The number of aromatic amines is 1. The summed E-state index contributed by atoms with van der Waals surface area (Å²) in [6.07, 6.45) is 3.80. The molecule has 3 heteroatoms. The zero-order chi connectivity index (χ0) is 12.5. The van der Waals surface area contributed by atoms with Gasteiger partial charge in [-0.3, -0.25) is 0 Å². The van der Waals surface area contributed by atoms with E-state index >= 15 is 0 Å². The van der Waals surface area contributed by atoms with Gasteiger partial charge in [0.2, 0.25) is 0 Å². The van der Waals surface area contributed by atoms with Gasteiger partial charge in [-0.1, -0.05) is 30.7 Å². The first kappa shape index (κ1) is 11.2. The van der Waals surface area contributed by atoms with E-state index in [9.17, 15) is 4.79 Å². The van der Waals surface area contributed by atoms with Crippen molar-refractivity contribution in [2.45, 2.75) is 32.1 Å². The Morgan fingerprint density at radius 3 is 2.72 bits per heavy atom. The molecule has 92 valence electrons. The fourth-order valence-electron chi connectivity index (χ4n) is 2.52. The van der Waals surface area contributed by atoms with Crippen LogP contribution in [0.2, 0.25) is 0 Å². The second kappa shape index (κ2) is 4.41.